The number of hydrogen-bond acceptors (Lipinski definition) is 5. The van der Waals surface area contributed by atoms with Gasteiger partial charge < -0.3 is 18.8 Å². The van der Waals surface area contributed by atoms with E-state index in [0.29, 0.717) is 28.6 Å². The molecule has 3 aromatic rings. The number of halogens is 1. The molecule has 0 fully saturated rings. The number of ether oxygens (including phenoxy) is 2. The van der Waals surface area contributed by atoms with E-state index in [1.807, 2.05) is 49.2 Å². The molecule has 6 heteroatoms. The Morgan fingerprint density at radius 2 is 1.78 bits per heavy atom. The summed E-state index contributed by atoms with van der Waals surface area (Å²) in [7, 11) is 5.15. The van der Waals surface area contributed by atoms with E-state index in [1.54, 1.807) is 14.2 Å². The molecular formula is C21H22ClNO4. The fourth-order valence-electron chi connectivity index (χ4n) is 3.10. The van der Waals surface area contributed by atoms with Crippen molar-refractivity contribution in [1.82, 2.24) is 0 Å². The molecule has 0 saturated heterocycles. The number of anilines is 1. The number of rotatable bonds is 6. The van der Waals surface area contributed by atoms with Crippen molar-refractivity contribution in [1.29, 1.82) is 0 Å². The van der Waals surface area contributed by atoms with Crippen molar-refractivity contribution < 1.29 is 13.9 Å². The van der Waals surface area contributed by atoms with Gasteiger partial charge in [0.1, 0.15) is 5.58 Å². The Morgan fingerprint density at radius 1 is 1.04 bits per heavy atom. The summed E-state index contributed by atoms with van der Waals surface area (Å²) in [6.07, 6.45) is 0.772. The van der Waals surface area contributed by atoms with E-state index in [9.17, 15) is 4.79 Å². The summed E-state index contributed by atoms with van der Waals surface area (Å²) >= 11 is 6.38. The summed E-state index contributed by atoms with van der Waals surface area (Å²) in [5.41, 5.74) is 2.92. The van der Waals surface area contributed by atoms with Crippen LogP contribution in [-0.4, -0.2) is 21.3 Å². The molecule has 0 saturated carbocycles. The summed E-state index contributed by atoms with van der Waals surface area (Å²) < 4.78 is 16.0. The van der Waals surface area contributed by atoms with Gasteiger partial charge in [-0.3, -0.25) is 0 Å². The van der Waals surface area contributed by atoms with Crippen LogP contribution < -0.4 is 20.0 Å². The Hall–Kier alpha value is -2.66. The van der Waals surface area contributed by atoms with Crippen LogP contribution in [0.15, 0.2) is 45.6 Å². The molecule has 0 aliphatic rings. The lowest BCUT2D eigenvalue weighted by atomic mass is 10.1. The molecule has 5 nitrogen and oxygen atoms in total. The van der Waals surface area contributed by atoms with E-state index in [1.165, 1.54) is 6.07 Å². The molecule has 0 radical (unpaired) electrons. The third-order valence-electron chi connectivity index (χ3n) is 4.59. The second kappa shape index (κ2) is 7.92. The predicted molar refractivity (Wildman–Crippen MR) is 109 cm³/mol. The number of nitrogens with zero attached hydrogens (tertiary/aromatic N) is 1. The zero-order valence-electron chi connectivity index (χ0n) is 15.8. The molecule has 0 aliphatic carbocycles. The van der Waals surface area contributed by atoms with Crippen LogP contribution >= 0.6 is 11.6 Å². The van der Waals surface area contributed by atoms with Gasteiger partial charge in [-0.1, -0.05) is 18.5 Å². The standard InChI is InChI=1S/C21H22ClNO4/c1-5-13-8-19-16(11-17(13)22)14(9-21(24)27-19)12-23(2)15-6-7-18(25-3)20(10-15)26-4/h6-11H,5,12H2,1-4H3. The Bertz CT molecular complexity index is 1030. The Morgan fingerprint density at radius 3 is 2.44 bits per heavy atom. The van der Waals surface area contributed by atoms with Crippen molar-refractivity contribution in [3.8, 4) is 11.5 Å². The van der Waals surface area contributed by atoms with Gasteiger partial charge in [-0.2, -0.15) is 0 Å². The van der Waals surface area contributed by atoms with Gasteiger partial charge in [0.15, 0.2) is 11.5 Å². The molecule has 142 valence electrons. The quantitative estimate of drug-likeness (QED) is 0.575. The number of hydrogen-bond donors (Lipinski definition) is 0. The molecule has 0 N–H and O–H groups in total. The first-order chi connectivity index (χ1) is 13.0. The summed E-state index contributed by atoms with van der Waals surface area (Å²) in [4.78, 5) is 14.1. The highest BCUT2D eigenvalue weighted by Gasteiger charge is 2.13. The fraction of sp³-hybridized carbons (Fsp3) is 0.286. The number of methoxy groups -OCH3 is 2. The van der Waals surface area contributed by atoms with E-state index < -0.39 is 0 Å². The summed E-state index contributed by atoms with van der Waals surface area (Å²) in [5, 5.41) is 1.51. The zero-order valence-corrected chi connectivity index (χ0v) is 16.6. The fourth-order valence-corrected chi connectivity index (χ4v) is 3.40. The Kier molecular flexibility index (Phi) is 5.61. The van der Waals surface area contributed by atoms with Gasteiger partial charge in [0.2, 0.25) is 0 Å². The minimum Gasteiger partial charge on any atom is -0.493 e. The lowest BCUT2D eigenvalue weighted by Gasteiger charge is -2.21. The molecule has 27 heavy (non-hydrogen) atoms. The molecular weight excluding hydrogens is 366 g/mol. The maximum atomic E-state index is 12.0. The van der Waals surface area contributed by atoms with Crippen LogP contribution in [0.25, 0.3) is 11.0 Å². The first-order valence-electron chi connectivity index (χ1n) is 8.65. The van der Waals surface area contributed by atoms with Crippen LogP contribution in [-0.2, 0) is 13.0 Å². The molecule has 1 heterocycles. The average molecular weight is 388 g/mol. The van der Waals surface area contributed by atoms with Crippen molar-refractivity contribution in [2.24, 2.45) is 0 Å². The maximum absolute atomic E-state index is 12.0. The minimum absolute atomic E-state index is 0.373. The molecule has 0 aliphatic heterocycles. The van der Waals surface area contributed by atoms with Crippen LogP contribution in [0, 0.1) is 0 Å². The smallest absolute Gasteiger partial charge is 0.336 e. The number of fused-ring (bicyclic) bond motifs is 1. The highest BCUT2D eigenvalue weighted by Crippen LogP contribution is 2.32. The number of aryl methyl sites for hydroxylation is 1. The van der Waals surface area contributed by atoms with Crippen LogP contribution in [0.2, 0.25) is 5.02 Å². The summed E-state index contributed by atoms with van der Waals surface area (Å²) in [6, 6.07) is 10.9. The highest BCUT2D eigenvalue weighted by atomic mass is 35.5. The minimum atomic E-state index is -0.373. The van der Waals surface area contributed by atoms with E-state index in [-0.39, 0.29) is 5.63 Å². The second-order valence-electron chi connectivity index (χ2n) is 6.28. The first kappa shape index (κ1) is 19.1. The number of benzene rings is 2. The lowest BCUT2D eigenvalue weighted by Crippen LogP contribution is -2.18. The first-order valence-corrected chi connectivity index (χ1v) is 9.03. The third kappa shape index (κ3) is 3.88. The molecule has 0 atom stereocenters. The Labute approximate surface area is 163 Å². The molecule has 0 unspecified atom stereocenters. The van der Waals surface area contributed by atoms with Crippen LogP contribution in [0.3, 0.4) is 0 Å². The SMILES string of the molecule is CCc1cc2oc(=O)cc(CN(C)c3ccc(OC)c(OC)c3)c2cc1Cl. The van der Waals surface area contributed by atoms with Gasteiger partial charge in [-0.15, -0.1) is 0 Å². The van der Waals surface area contributed by atoms with E-state index >= 15 is 0 Å². The van der Waals surface area contributed by atoms with E-state index in [0.717, 1.165) is 28.6 Å². The highest BCUT2D eigenvalue weighted by molar-refractivity contribution is 6.32. The van der Waals surface area contributed by atoms with Crippen LogP contribution in [0.4, 0.5) is 5.69 Å². The van der Waals surface area contributed by atoms with Gasteiger partial charge in [0, 0.05) is 41.8 Å². The Balaban J connectivity index is 2.01. The summed E-state index contributed by atoms with van der Waals surface area (Å²) in [5.74, 6) is 1.31. The van der Waals surface area contributed by atoms with Crippen molar-refractivity contribution in [3.05, 3.63) is 63.0 Å². The van der Waals surface area contributed by atoms with Crippen LogP contribution in [0.1, 0.15) is 18.1 Å². The molecule has 0 spiro atoms. The maximum Gasteiger partial charge on any atom is 0.336 e. The van der Waals surface area contributed by atoms with Crippen molar-refractivity contribution in [2.75, 3.05) is 26.2 Å². The topological polar surface area (TPSA) is 51.9 Å². The third-order valence-corrected chi connectivity index (χ3v) is 4.95. The monoisotopic (exact) mass is 387 g/mol. The molecule has 0 bridgehead atoms. The predicted octanol–water partition coefficient (Wildman–Crippen LogP) is 4.66. The molecule has 0 amide bonds. The molecule has 2 aromatic carbocycles. The van der Waals surface area contributed by atoms with Gasteiger partial charge in [0.25, 0.3) is 0 Å². The lowest BCUT2D eigenvalue weighted by molar-refractivity contribution is 0.355. The second-order valence-corrected chi connectivity index (χ2v) is 6.69. The zero-order chi connectivity index (χ0) is 19.6. The van der Waals surface area contributed by atoms with Crippen LogP contribution in [0.5, 0.6) is 11.5 Å². The van der Waals surface area contributed by atoms with Gasteiger partial charge >= 0.3 is 5.63 Å². The summed E-state index contributed by atoms with van der Waals surface area (Å²) in [6.45, 7) is 2.53. The van der Waals surface area contributed by atoms with Crippen molar-refractivity contribution >= 4 is 28.3 Å². The molecule has 1 aromatic heterocycles. The molecule has 3 rings (SSSR count). The van der Waals surface area contributed by atoms with E-state index in [4.69, 9.17) is 25.5 Å². The van der Waals surface area contributed by atoms with Gasteiger partial charge in [-0.25, -0.2) is 4.79 Å². The van der Waals surface area contributed by atoms with Crippen molar-refractivity contribution in [2.45, 2.75) is 19.9 Å². The normalized spacial score (nSPS) is 10.9. The largest absolute Gasteiger partial charge is 0.493 e. The van der Waals surface area contributed by atoms with E-state index in [2.05, 4.69) is 0 Å². The average Bonchev–Trinajstić information content (AvgIpc) is 2.67. The van der Waals surface area contributed by atoms with Gasteiger partial charge in [-0.05, 0) is 41.8 Å². The van der Waals surface area contributed by atoms with Crippen molar-refractivity contribution in [3.63, 3.8) is 0 Å². The van der Waals surface area contributed by atoms with Gasteiger partial charge in [0.05, 0.1) is 14.2 Å².